The number of benzene rings is 1. The van der Waals surface area contributed by atoms with Gasteiger partial charge in [-0.25, -0.2) is 18.2 Å². The summed E-state index contributed by atoms with van der Waals surface area (Å²) in [6.45, 7) is 0.0160. The van der Waals surface area contributed by atoms with E-state index in [2.05, 4.69) is 25.7 Å². The van der Waals surface area contributed by atoms with Gasteiger partial charge in [-0.1, -0.05) is 6.07 Å². The first-order valence-corrected chi connectivity index (χ1v) is 11.6. The van der Waals surface area contributed by atoms with Gasteiger partial charge < -0.3 is 20.4 Å². The summed E-state index contributed by atoms with van der Waals surface area (Å²) in [4.78, 5) is 45.0. The lowest BCUT2D eigenvalue weighted by Gasteiger charge is -2.20. The lowest BCUT2D eigenvalue weighted by molar-refractivity contribution is -0.118. The molecule has 0 radical (unpaired) electrons. The summed E-state index contributed by atoms with van der Waals surface area (Å²) in [7, 11) is 2.94. The van der Waals surface area contributed by atoms with Gasteiger partial charge in [-0.2, -0.15) is 5.10 Å². The highest BCUT2D eigenvalue weighted by Crippen LogP contribution is 2.25. The first-order chi connectivity index (χ1) is 18.7. The van der Waals surface area contributed by atoms with Crippen LogP contribution < -0.4 is 16.2 Å². The molecule has 0 unspecified atom stereocenters. The number of methoxy groups -OCH3 is 1. The molecule has 39 heavy (non-hydrogen) atoms. The molecule has 202 valence electrons. The van der Waals surface area contributed by atoms with E-state index in [1.54, 1.807) is 6.07 Å². The van der Waals surface area contributed by atoms with E-state index in [0.717, 1.165) is 24.4 Å². The Kier molecular flexibility index (Phi) is 8.20. The Labute approximate surface area is 219 Å². The third kappa shape index (κ3) is 6.21. The van der Waals surface area contributed by atoms with Crippen LogP contribution in [0, 0.1) is 17.5 Å². The molecule has 3 N–H and O–H groups in total. The third-order valence-electron chi connectivity index (χ3n) is 5.91. The van der Waals surface area contributed by atoms with E-state index in [4.69, 9.17) is 4.74 Å². The van der Waals surface area contributed by atoms with E-state index in [1.807, 2.05) is 0 Å². The zero-order valence-electron chi connectivity index (χ0n) is 20.7. The van der Waals surface area contributed by atoms with E-state index >= 15 is 0 Å². The molecule has 1 aromatic carbocycles. The summed E-state index contributed by atoms with van der Waals surface area (Å²) >= 11 is 0. The van der Waals surface area contributed by atoms with Gasteiger partial charge in [0.1, 0.15) is 23.4 Å². The molecule has 10 nitrogen and oxygen atoms in total. The number of aromatic nitrogens is 4. The number of rotatable bonds is 9. The second-order valence-electron chi connectivity index (χ2n) is 8.49. The largest absolute Gasteiger partial charge is 0.384 e. The SMILES string of the molecule is COC[C@H](c1ccnc(NC(=O)[C@@H](NC(=O)c2ccnn2C)c2ccc(F)c(F)c2)c1)c1cc(F)c[nH]c1=O. The normalized spacial score (nSPS) is 12.5. The number of anilines is 1. The van der Waals surface area contributed by atoms with Crippen molar-refractivity contribution in [1.29, 1.82) is 0 Å². The van der Waals surface area contributed by atoms with Gasteiger partial charge in [0.2, 0.25) is 0 Å². The fourth-order valence-corrected chi connectivity index (χ4v) is 3.99. The molecule has 0 fully saturated rings. The highest BCUT2D eigenvalue weighted by molar-refractivity contribution is 6.00. The summed E-state index contributed by atoms with van der Waals surface area (Å²) in [6.07, 6.45) is 3.69. The summed E-state index contributed by atoms with van der Waals surface area (Å²) in [6, 6.07) is 6.90. The van der Waals surface area contributed by atoms with Crippen molar-refractivity contribution in [2.45, 2.75) is 12.0 Å². The standard InChI is InChI=1S/C26H23F3N6O4/c1-35-21(6-8-32-35)25(37)34-23(15-3-4-19(28)20(29)9-15)26(38)33-22-10-14(5-7-30-22)18(13-39-2)17-11-16(27)12-31-24(17)36/h3-12,18,23H,13H2,1-2H3,(H,31,36)(H,34,37)(H,30,33,38)/t18-,23+/m1/s1. The quantitative estimate of drug-likeness (QED) is 0.299. The highest BCUT2D eigenvalue weighted by Gasteiger charge is 2.27. The lowest BCUT2D eigenvalue weighted by atomic mass is 9.93. The van der Waals surface area contributed by atoms with Crippen molar-refractivity contribution in [3.8, 4) is 0 Å². The van der Waals surface area contributed by atoms with E-state index in [1.165, 1.54) is 49.4 Å². The van der Waals surface area contributed by atoms with Crippen LogP contribution in [0.15, 0.2) is 65.8 Å². The van der Waals surface area contributed by atoms with E-state index in [9.17, 15) is 27.6 Å². The number of carbonyl (C=O) groups excluding carboxylic acids is 2. The van der Waals surface area contributed by atoms with Gasteiger partial charge in [-0.3, -0.25) is 19.1 Å². The Morgan fingerprint density at radius 3 is 2.54 bits per heavy atom. The van der Waals surface area contributed by atoms with Crippen molar-refractivity contribution in [3.05, 3.63) is 111 Å². The Morgan fingerprint density at radius 2 is 1.85 bits per heavy atom. The van der Waals surface area contributed by atoms with E-state index < -0.39 is 46.8 Å². The molecule has 0 saturated heterocycles. The van der Waals surface area contributed by atoms with E-state index in [-0.39, 0.29) is 29.2 Å². The number of hydrogen-bond donors (Lipinski definition) is 3. The molecule has 4 rings (SSSR count). The van der Waals surface area contributed by atoms with Gasteiger partial charge in [0.05, 0.1) is 6.61 Å². The topological polar surface area (TPSA) is 131 Å². The van der Waals surface area contributed by atoms with Crippen LogP contribution in [0.1, 0.15) is 39.1 Å². The lowest BCUT2D eigenvalue weighted by Crippen LogP contribution is -2.38. The number of aryl methyl sites for hydroxylation is 1. The molecule has 2 atom stereocenters. The molecule has 0 aliphatic heterocycles. The first-order valence-electron chi connectivity index (χ1n) is 11.6. The molecule has 0 saturated carbocycles. The molecule has 3 heterocycles. The molecule has 0 spiro atoms. The monoisotopic (exact) mass is 540 g/mol. The van der Waals surface area contributed by atoms with Crippen molar-refractivity contribution >= 4 is 17.6 Å². The summed E-state index contributed by atoms with van der Waals surface area (Å²) in [5.41, 5.74) is 0.155. The van der Waals surface area contributed by atoms with Gasteiger partial charge in [0, 0.05) is 44.2 Å². The molecule has 0 aliphatic rings. The molecule has 0 bridgehead atoms. The molecule has 2 amide bonds. The second kappa shape index (κ2) is 11.7. The average Bonchev–Trinajstić information content (AvgIpc) is 3.35. The van der Waals surface area contributed by atoms with Crippen LogP contribution in [0.5, 0.6) is 0 Å². The minimum Gasteiger partial charge on any atom is -0.384 e. The number of nitrogens with zero attached hydrogens (tertiary/aromatic N) is 3. The maximum atomic E-state index is 14.0. The molecular formula is C26H23F3N6O4. The fraction of sp³-hybridized carbons (Fsp3) is 0.192. The maximum Gasteiger partial charge on any atom is 0.270 e. The van der Waals surface area contributed by atoms with Crippen LogP contribution in [-0.2, 0) is 16.6 Å². The third-order valence-corrected chi connectivity index (χ3v) is 5.91. The van der Waals surface area contributed by atoms with Gasteiger partial charge in [0.15, 0.2) is 11.6 Å². The number of pyridine rings is 2. The number of nitrogens with one attached hydrogen (secondary N) is 3. The number of H-pyrrole nitrogens is 1. The number of carbonyl (C=O) groups is 2. The summed E-state index contributed by atoms with van der Waals surface area (Å²) in [5.74, 6) is -5.16. The predicted molar refractivity (Wildman–Crippen MR) is 133 cm³/mol. The number of hydrogen-bond acceptors (Lipinski definition) is 6. The van der Waals surface area contributed by atoms with Crippen molar-refractivity contribution in [1.82, 2.24) is 25.1 Å². The van der Waals surface area contributed by atoms with Crippen molar-refractivity contribution in [2.75, 3.05) is 19.0 Å². The Balaban J connectivity index is 1.65. The maximum absolute atomic E-state index is 14.0. The van der Waals surface area contributed by atoms with E-state index in [0.29, 0.717) is 5.56 Å². The molecule has 3 aromatic heterocycles. The van der Waals surface area contributed by atoms with Crippen LogP contribution >= 0.6 is 0 Å². The van der Waals surface area contributed by atoms with Crippen LogP contribution in [-0.4, -0.2) is 45.3 Å². The fourth-order valence-electron chi connectivity index (χ4n) is 3.99. The number of halogens is 3. The molecule has 13 heteroatoms. The first kappa shape index (κ1) is 27.3. The molecule has 0 aliphatic carbocycles. The number of amides is 2. The van der Waals surface area contributed by atoms with Gasteiger partial charge in [-0.05, 0) is 47.5 Å². The average molecular weight is 541 g/mol. The van der Waals surface area contributed by atoms with Crippen LogP contribution in [0.3, 0.4) is 0 Å². The smallest absolute Gasteiger partial charge is 0.270 e. The van der Waals surface area contributed by atoms with Crippen LogP contribution in [0.4, 0.5) is 19.0 Å². The zero-order valence-corrected chi connectivity index (χ0v) is 20.7. The predicted octanol–water partition coefficient (Wildman–Crippen LogP) is 2.81. The number of ether oxygens (including phenoxy) is 1. The number of aromatic amines is 1. The Morgan fingerprint density at radius 1 is 1.05 bits per heavy atom. The summed E-state index contributed by atoms with van der Waals surface area (Å²) < 4.78 is 48.0. The Bertz CT molecular complexity index is 1570. The molecule has 4 aromatic rings. The van der Waals surface area contributed by atoms with Gasteiger partial charge in [-0.15, -0.1) is 0 Å². The highest BCUT2D eigenvalue weighted by atomic mass is 19.2. The minimum absolute atomic E-state index is 0.0160. The minimum atomic E-state index is -1.45. The zero-order chi connectivity index (χ0) is 28.1. The van der Waals surface area contributed by atoms with Gasteiger partial charge >= 0.3 is 0 Å². The van der Waals surface area contributed by atoms with Crippen LogP contribution in [0.2, 0.25) is 0 Å². The van der Waals surface area contributed by atoms with Crippen molar-refractivity contribution in [2.24, 2.45) is 7.05 Å². The Hall–Kier alpha value is -4.78. The van der Waals surface area contributed by atoms with Crippen LogP contribution in [0.25, 0.3) is 0 Å². The summed E-state index contributed by atoms with van der Waals surface area (Å²) in [5, 5.41) is 8.97. The van der Waals surface area contributed by atoms with Crippen molar-refractivity contribution < 1.29 is 27.5 Å². The van der Waals surface area contributed by atoms with Gasteiger partial charge in [0.25, 0.3) is 17.4 Å². The second-order valence-corrected chi connectivity index (χ2v) is 8.49. The van der Waals surface area contributed by atoms with Crippen molar-refractivity contribution in [3.63, 3.8) is 0 Å². The molecular weight excluding hydrogens is 517 g/mol.